The van der Waals surface area contributed by atoms with Gasteiger partial charge in [-0.05, 0) is 21.1 Å². The zero-order valence-corrected chi connectivity index (χ0v) is 8.32. The maximum atomic E-state index is 7.75. The van der Waals surface area contributed by atoms with Gasteiger partial charge in [-0.15, -0.1) is 0 Å². The smallest absolute Gasteiger partial charge is 0.0553 e. The molecule has 0 atom stereocenters. The van der Waals surface area contributed by atoms with E-state index < -0.39 is 0 Å². The summed E-state index contributed by atoms with van der Waals surface area (Å²) in [6.45, 7) is 0.944. The number of nitrogens with two attached hydrogens (primary N) is 2. The maximum Gasteiger partial charge on any atom is 0.0553 e. The second kappa shape index (κ2) is 22.4. The molecular formula is C7H23N3O2. The summed E-state index contributed by atoms with van der Waals surface area (Å²) in [5.41, 5.74) is 9.56. The summed E-state index contributed by atoms with van der Waals surface area (Å²) in [6.07, 6.45) is 0. The molecule has 0 heterocycles. The molecule has 78 valence electrons. The van der Waals surface area contributed by atoms with E-state index in [4.69, 9.17) is 21.7 Å². The van der Waals surface area contributed by atoms with Crippen LogP contribution in [0.25, 0.3) is 0 Å². The van der Waals surface area contributed by atoms with Gasteiger partial charge in [-0.1, -0.05) is 0 Å². The first kappa shape index (κ1) is 17.8. The molecule has 0 fully saturated rings. The summed E-state index contributed by atoms with van der Waals surface area (Å²) in [5, 5.41) is 15.5. The van der Waals surface area contributed by atoms with Crippen LogP contribution in [0, 0.1) is 0 Å². The Bertz CT molecular complexity index is 43.2. The van der Waals surface area contributed by atoms with Crippen LogP contribution >= 0.6 is 0 Å². The zero-order valence-electron chi connectivity index (χ0n) is 8.32. The average molecular weight is 181 g/mol. The van der Waals surface area contributed by atoms with E-state index in [1.807, 2.05) is 26.0 Å². The first-order valence-electron chi connectivity index (χ1n) is 3.79. The summed E-state index contributed by atoms with van der Waals surface area (Å²) >= 11 is 0. The molecule has 0 spiro atoms. The van der Waals surface area contributed by atoms with Gasteiger partial charge in [-0.2, -0.15) is 0 Å². The second-order valence-corrected chi connectivity index (χ2v) is 2.37. The highest BCUT2D eigenvalue weighted by molar-refractivity contribution is 4.18. The number of hydrogen-bond acceptors (Lipinski definition) is 5. The van der Waals surface area contributed by atoms with Crippen molar-refractivity contribution in [2.75, 3.05) is 47.4 Å². The standard InChI is InChI=1S/C3H9N.2C2H7NO/c1-4(2)3;2*3-1-2-4/h1-3H3;2*4H,1-3H2. The monoisotopic (exact) mass is 181 g/mol. The highest BCUT2D eigenvalue weighted by Crippen LogP contribution is 1.47. The summed E-state index contributed by atoms with van der Waals surface area (Å²) in [6, 6.07) is 0. The SMILES string of the molecule is CN(C)C.NCCO.NCCO. The quantitative estimate of drug-likeness (QED) is 0.397. The molecular weight excluding hydrogens is 158 g/mol. The van der Waals surface area contributed by atoms with Crippen molar-refractivity contribution < 1.29 is 10.2 Å². The molecule has 0 aromatic rings. The Morgan fingerprint density at radius 2 is 1.00 bits per heavy atom. The van der Waals surface area contributed by atoms with E-state index in [1.165, 1.54) is 0 Å². The normalized spacial score (nSPS) is 8.00. The minimum absolute atomic E-state index is 0.0972. The molecule has 0 radical (unpaired) electrons. The van der Waals surface area contributed by atoms with Gasteiger partial charge >= 0.3 is 0 Å². The van der Waals surface area contributed by atoms with Crippen molar-refractivity contribution in [2.24, 2.45) is 11.5 Å². The zero-order chi connectivity index (χ0) is 10.4. The lowest BCUT2D eigenvalue weighted by Crippen LogP contribution is -2.02. The minimum atomic E-state index is 0.0972. The molecule has 0 aliphatic heterocycles. The summed E-state index contributed by atoms with van der Waals surface area (Å²) in [5.74, 6) is 0. The van der Waals surface area contributed by atoms with Crippen molar-refractivity contribution in [3.05, 3.63) is 0 Å². The van der Waals surface area contributed by atoms with Crippen LogP contribution in [0.15, 0.2) is 0 Å². The number of hydrogen-bond donors (Lipinski definition) is 4. The van der Waals surface area contributed by atoms with Gasteiger partial charge in [0.1, 0.15) is 0 Å². The molecule has 0 saturated carbocycles. The van der Waals surface area contributed by atoms with Crippen LogP contribution in [0.5, 0.6) is 0 Å². The topological polar surface area (TPSA) is 95.7 Å². The van der Waals surface area contributed by atoms with Crippen LogP contribution in [-0.2, 0) is 0 Å². The van der Waals surface area contributed by atoms with E-state index in [0.29, 0.717) is 13.1 Å². The highest BCUT2D eigenvalue weighted by Gasteiger charge is 1.58. The fraction of sp³-hybridized carbons (Fsp3) is 1.00. The molecule has 0 aromatic carbocycles. The molecule has 0 aliphatic carbocycles. The Balaban J connectivity index is -0.000000101. The molecule has 12 heavy (non-hydrogen) atoms. The van der Waals surface area contributed by atoms with Crippen LogP contribution in [0.2, 0.25) is 0 Å². The van der Waals surface area contributed by atoms with Crippen LogP contribution in [0.1, 0.15) is 0 Å². The fourth-order valence-corrected chi connectivity index (χ4v) is 0. The van der Waals surface area contributed by atoms with E-state index >= 15 is 0 Å². The Hall–Kier alpha value is -0.200. The van der Waals surface area contributed by atoms with Gasteiger partial charge in [0.2, 0.25) is 0 Å². The van der Waals surface area contributed by atoms with Crippen molar-refractivity contribution in [1.82, 2.24) is 4.90 Å². The van der Waals surface area contributed by atoms with Gasteiger partial charge in [-0.25, -0.2) is 0 Å². The van der Waals surface area contributed by atoms with Crippen molar-refractivity contribution in [2.45, 2.75) is 0 Å². The third-order valence-corrected chi connectivity index (χ3v) is 0.258. The minimum Gasteiger partial charge on any atom is -0.395 e. The summed E-state index contributed by atoms with van der Waals surface area (Å²) in [7, 11) is 6.00. The number of aliphatic hydroxyl groups is 2. The van der Waals surface area contributed by atoms with Crippen LogP contribution in [0.3, 0.4) is 0 Å². The second-order valence-electron chi connectivity index (χ2n) is 2.37. The van der Waals surface area contributed by atoms with Crippen LogP contribution in [0.4, 0.5) is 0 Å². The molecule has 5 nitrogen and oxygen atoms in total. The molecule has 0 bridgehead atoms. The summed E-state index contributed by atoms with van der Waals surface area (Å²) < 4.78 is 0. The fourth-order valence-electron chi connectivity index (χ4n) is 0. The Morgan fingerprint density at radius 1 is 0.917 bits per heavy atom. The maximum absolute atomic E-state index is 7.75. The highest BCUT2D eigenvalue weighted by atomic mass is 16.3. The lowest BCUT2D eigenvalue weighted by Gasteiger charge is -1.90. The Labute approximate surface area is 75.0 Å². The van der Waals surface area contributed by atoms with Crippen LogP contribution < -0.4 is 11.5 Å². The van der Waals surface area contributed by atoms with Crippen molar-refractivity contribution >= 4 is 0 Å². The van der Waals surface area contributed by atoms with Gasteiger partial charge in [0, 0.05) is 13.1 Å². The molecule has 0 amide bonds. The molecule has 0 saturated heterocycles. The number of nitrogens with zero attached hydrogens (tertiary/aromatic N) is 1. The van der Waals surface area contributed by atoms with Crippen molar-refractivity contribution in [3.8, 4) is 0 Å². The first-order chi connectivity index (χ1) is 5.56. The van der Waals surface area contributed by atoms with Gasteiger partial charge < -0.3 is 26.6 Å². The molecule has 0 aliphatic rings. The van der Waals surface area contributed by atoms with E-state index in [9.17, 15) is 0 Å². The van der Waals surface area contributed by atoms with E-state index in [-0.39, 0.29) is 13.2 Å². The number of rotatable bonds is 2. The molecule has 6 N–H and O–H groups in total. The van der Waals surface area contributed by atoms with Crippen molar-refractivity contribution in [3.63, 3.8) is 0 Å². The van der Waals surface area contributed by atoms with E-state index in [0.717, 1.165) is 0 Å². The van der Waals surface area contributed by atoms with Crippen molar-refractivity contribution in [1.29, 1.82) is 0 Å². The molecule has 5 heteroatoms. The van der Waals surface area contributed by atoms with Gasteiger partial charge in [0.25, 0.3) is 0 Å². The molecule has 0 rings (SSSR count). The lowest BCUT2D eigenvalue weighted by atomic mass is 10.8. The lowest BCUT2D eigenvalue weighted by molar-refractivity contribution is 0.306. The third kappa shape index (κ3) is 234. The Morgan fingerprint density at radius 3 is 1.00 bits per heavy atom. The Kier molecular flexibility index (Phi) is 33.2. The first-order valence-corrected chi connectivity index (χ1v) is 3.79. The molecule has 0 aromatic heterocycles. The predicted octanol–water partition coefficient (Wildman–Crippen LogP) is -1.95. The predicted molar refractivity (Wildman–Crippen MR) is 51.9 cm³/mol. The number of aliphatic hydroxyl groups excluding tert-OH is 2. The van der Waals surface area contributed by atoms with E-state index in [1.54, 1.807) is 0 Å². The third-order valence-electron chi connectivity index (χ3n) is 0.258. The average Bonchev–Trinajstić information content (AvgIpc) is 2.03. The van der Waals surface area contributed by atoms with Gasteiger partial charge in [0.15, 0.2) is 0 Å². The van der Waals surface area contributed by atoms with Crippen LogP contribution in [-0.4, -0.2) is 62.6 Å². The summed E-state index contributed by atoms with van der Waals surface area (Å²) in [4.78, 5) is 2.00. The van der Waals surface area contributed by atoms with Gasteiger partial charge in [0.05, 0.1) is 13.2 Å². The molecule has 0 unspecified atom stereocenters. The largest absolute Gasteiger partial charge is 0.395 e. The van der Waals surface area contributed by atoms with Gasteiger partial charge in [-0.3, -0.25) is 0 Å². The van der Waals surface area contributed by atoms with E-state index in [2.05, 4.69) is 0 Å².